The van der Waals surface area contributed by atoms with Crippen molar-refractivity contribution in [1.29, 1.82) is 0 Å². The van der Waals surface area contributed by atoms with Crippen LogP contribution in [0.2, 0.25) is 0 Å². The minimum atomic E-state index is -3.49. The van der Waals surface area contributed by atoms with E-state index in [0.717, 1.165) is 11.8 Å². The highest BCUT2D eigenvalue weighted by Crippen LogP contribution is 2.21. The number of pyridine rings is 1. The SMILES string of the molecule is CS(=O)(=O)N(Cc1ccccc1)c1ccc(C(=O)N/N=C\c2ccccn2)cc1. The molecule has 0 saturated heterocycles. The molecule has 0 aliphatic carbocycles. The second kappa shape index (κ2) is 9.11. The number of carbonyl (C=O) groups excluding carboxylic acids is 1. The highest BCUT2D eigenvalue weighted by Gasteiger charge is 2.18. The van der Waals surface area contributed by atoms with Gasteiger partial charge in [-0.15, -0.1) is 0 Å². The molecule has 29 heavy (non-hydrogen) atoms. The third kappa shape index (κ3) is 5.73. The molecule has 0 unspecified atom stereocenters. The summed E-state index contributed by atoms with van der Waals surface area (Å²) in [5.74, 6) is -0.405. The van der Waals surface area contributed by atoms with E-state index in [0.29, 0.717) is 16.9 Å². The van der Waals surface area contributed by atoms with Crippen molar-refractivity contribution in [3.05, 3.63) is 95.8 Å². The Morgan fingerprint density at radius 2 is 1.72 bits per heavy atom. The Kier molecular flexibility index (Phi) is 6.36. The van der Waals surface area contributed by atoms with E-state index in [4.69, 9.17) is 0 Å². The number of amides is 1. The summed E-state index contributed by atoms with van der Waals surface area (Å²) in [6.07, 6.45) is 4.23. The molecule has 0 aliphatic heterocycles. The van der Waals surface area contributed by atoms with Gasteiger partial charge in [0.15, 0.2) is 0 Å². The van der Waals surface area contributed by atoms with Crippen LogP contribution in [0.1, 0.15) is 21.6 Å². The Morgan fingerprint density at radius 1 is 1.03 bits per heavy atom. The van der Waals surface area contributed by atoms with E-state index in [-0.39, 0.29) is 6.54 Å². The normalized spacial score (nSPS) is 11.3. The van der Waals surface area contributed by atoms with Crippen molar-refractivity contribution in [3.63, 3.8) is 0 Å². The van der Waals surface area contributed by atoms with Crippen LogP contribution < -0.4 is 9.73 Å². The molecule has 1 heterocycles. The van der Waals surface area contributed by atoms with Gasteiger partial charge in [-0.1, -0.05) is 36.4 Å². The summed E-state index contributed by atoms with van der Waals surface area (Å²) < 4.78 is 25.8. The molecule has 2 aromatic carbocycles. The van der Waals surface area contributed by atoms with Crippen molar-refractivity contribution in [2.45, 2.75) is 6.54 Å². The first-order valence-corrected chi connectivity index (χ1v) is 10.6. The molecule has 1 aromatic heterocycles. The molecule has 0 atom stereocenters. The molecule has 0 radical (unpaired) electrons. The Labute approximate surface area is 169 Å². The number of sulfonamides is 1. The predicted molar refractivity (Wildman–Crippen MR) is 113 cm³/mol. The zero-order chi connectivity index (χ0) is 20.7. The summed E-state index contributed by atoms with van der Waals surface area (Å²) >= 11 is 0. The molecule has 0 fully saturated rings. The number of rotatable bonds is 7. The van der Waals surface area contributed by atoms with Crippen molar-refractivity contribution in [2.24, 2.45) is 5.10 Å². The molecule has 1 N–H and O–H groups in total. The van der Waals surface area contributed by atoms with Crippen molar-refractivity contribution in [1.82, 2.24) is 10.4 Å². The van der Waals surface area contributed by atoms with Gasteiger partial charge in [0, 0.05) is 11.8 Å². The van der Waals surface area contributed by atoms with Gasteiger partial charge in [-0.25, -0.2) is 13.8 Å². The Hall–Kier alpha value is -3.52. The lowest BCUT2D eigenvalue weighted by molar-refractivity contribution is 0.0955. The second-order valence-corrected chi connectivity index (χ2v) is 8.16. The summed E-state index contributed by atoms with van der Waals surface area (Å²) in [4.78, 5) is 16.3. The molecule has 3 aromatic rings. The second-order valence-electron chi connectivity index (χ2n) is 6.26. The number of carbonyl (C=O) groups is 1. The Morgan fingerprint density at radius 3 is 2.34 bits per heavy atom. The minimum absolute atomic E-state index is 0.208. The zero-order valence-corrected chi connectivity index (χ0v) is 16.6. The van der Waals surface area contributed by atoms with E-state index in [1.165, 1.54) is 10.5 Å². The van der Waals surface area contributed by atoms with Gasteiger partial charge in [0.25, 0.3) is 5.91 Å². The van der Waals surface area contributed by atoms with E-state index < -0.39 is 15.9 Å². The lowest BCUT2D eigenvalue weighted by Crippen LogP contribution is -2.29. The number of anilines is 1. The van der Waals surface area contributed by atoms with Crippen LogP contribution in [0.15, 0.2) is 84.1 Å². The standard InChI is InChI=1S/C21H20N4O3S/c1-29(27,28)25(16-17-7-3-2-4-8-17)20-12-10-18(11-13-20)21(26)24-23-15-19-9-5-6-14-22-19/h2-15H,16H2,1H3,(H,24,26)/b23-15-. The summed E-state index contributed by atoms with van der Waals surface area (Å²) in [6.45, 7) is 0.208. The van der Waals surface area contributed by atoms with Crippen LogP contribution in [0, 0.1) is 0 Å². The minimum Gasteiger partial charge on any atom is -0.267 e. The molecule has 0 saturated carbocycles. The van der Waals surface area contributed by atoms with Crippen molar-refractivity contribution in [3.8, 4) is 0 Å². The first-order chi connectivity index (χ1) is 13.9. The highest BCUT2D eigenvalue weighted by molar-refractivity contribution is 7.92. The molecule has 3 rings (SSSR count). The van der Waals surface area contributed by atoms with Crippen LogP contribution in [0.4, 0.5) is 5.69 Å². The van der Waals surface area contributed by atoms with Crippen LogP contribution in [0.25, 0.3) is 0 Å². The number of benzene rings is 2. The fraction of sp³-hybridized carbons (Fsp3) is 0.0952. The smallest absolute Gasteiger partial charge is 0.267 e. The molecular formula is C21H20N4O3S. The number of hydrogen-bond acceptors (Lipinski definition) is 5. The summed E-state index contributed by atoms with van der Waals surface area (Å²) in [6, 6.07) is 21.0. The van der Waals surface area contributed by atoms with Crippen LogP contribution in [0.5, 0.6) is 0 Å². The van der Waals surface area contributed by atoms with E-state index in [2.05, 4.69) is 15.5 Å². The molecule has 0 aliphatic rings. The van der Waals surface area contributed by atoms with Gasteiger partial charge >= 0.3 is 0 Å². The van der Waals surface area contributed by atoms with Gasteiger partial charge < -0.3 is 0 Å². The van der Waals surface area contributed by atoms with Crippen LogP contribution in [-0.2, 0) is 16.6 Å². The number of hydrazone groups is 1. The quantitative estimate of drug-likeness (QED) is 0.481. The first kappa shape index (κ1) is 20.2. The van der Waals surface area contributed by atoms with E-state index >= 15 is 0 Å². The maximum Gasteiger partial charge on any atom is 0.271 e. The fourth-order valence-electron chi connectivity index (χ4n) is 2.60. The Bertz CT molecular complexity index is 1080. The largest absolute Gasteiger partial charge is 0.271 e. The molecule has 148 valence electrons. The lowest BCUT2D eigenvalue weighted by atomic mass is 10.2. The van der Waals surface area contributed by atoms with Gasteiger partial charge in [-0.3, -0.25) is 14.1 Å². The number of aromatic nitrogens is 1. The number of nitrogens with one attached hydrogen (secondary N) is 1. The van der Waals surface area contributed by atoms with E-state index in [9.17, 15) is 13.2 Å². The third-order valence-corrected chi connectivity index (χ3v) is 5.18. The number of hydrogen-bond donors (Lipinski definition) is 1. The van der Waals surface area contributed by atoms with E-state index in [1.54, 1.807) is 42.6 Å². The van der Waals surface area contributed by atoms with Crippen LogP contribution in [-0.4, -0.2) is 31.8 Å². The summed E-state index contributed by atoms with van der Waals surface area (Å²) in [5.41, 5.74) is 4.75. The molecule has 0 spiro atoms. The Balaban J connectivity index is 1.71. The molecule has 7 nitrogen and oxygen atoms in total. The average molecular weight is 408 g/mol. The predicted octanol–water partition coefficient (Wildman–Crippen LogP) is 2.81. The van der Waals surface area contributed by atoms with Gasteiger partial charge in [0.2, 0.25) is 10.0 Å². The zero-order valence-electron chi connectivity index (χ0n) is 15.8. The number of nitrogens with zero attached hydrogens (tertiary/aromatic N) is 3. The van der Waals surface area contributed by atoms with E-state index in [1.807, 2.05) is 36.4 Å². The third-order valence-electron chi connectivity index (χ3n) is 4.04. The maximum atomic E-state index is 12.3. The molecular weight excluding hydrogens is 388 g/mol. The molecule has 1 amide bonds. The van der Waals surface area contributed by atoms with Gasteiger partial charge in [0.05, 0.1) is 30.4 Å². The van der Waals surface area contributed by atoms with Gasteiger partial charge in [-0.05, 0) is 42.0 Å². The van der Waals surface area contributed by atoms with Crippen LogP contribution >= 0.6 is 0 Å². The topological polar surface area (TPSA) is 91.7 Å². The maximum absolute atomic E-state index is 12.3. The fourth-order valence-corrected chi connectivity index (χ4v) is 3.49. The van der Waals surface area contributed by atoms with Gasteiger partial charge in [0.1, 0.15) is 0 Å². The van der Waals surface area contributed by atoms with Crippen molar-refractivity contribution < 1.29 is 13.2 Å². The van der Waals surface area contributed by atoms with Crippen LogP contribution in [0.3, 0.4) is 0 Å². The monoisotopic (exact) mass is 408 g/mol. The first-order valence-electron chi connectivity index (χ1n) is 8.79. The summed E-state index contributed by atoms with van der Waals surface area (Å²) in [5, 5.41) is 3.88. The lowest BCUT2D eigenvalue weighted by Gasteiger charge is -2.22. The highest BCUT2D eigenvalue weighted by atomic mass is 32.2. The van der Waals surface area contributed by atoms with Crippen molar-refractivity contribution in [2.75, 3.05) is 10.6 Å². The van der Waals surface area contributed by atoms with Gasteiger partial charge in [-0.2, -0.15) is 5.10 Å². The molecule has 0 bridgehead atoms. The average Bonchev–Trinajstić information content (AvgIpc) is 2.73. The molecule has 8 heteroatoms. The van der Waals surface area contributed by atoms with Crippen molar-refractivity contribution >= 4 is 27.8 Å². The summed E-state index contributed by atoms with van der Waals surface area (Å²) in [7, 11) is -3.49.